The number of hydrogen-bond donors (Lipinski definition) is 1. The Morgan fingerprint density at radius 2 is 1.94 bits per heavy atom. The number of fused-ring (bicyclic) bond motifs is 4. The number of carbonyl (C=O) groups is 3. The van der Waals surface area contributed by atoms with Gasteiger partial charge in [0, 0.05) is 23.7 Å². The van der Waals surface area contributed by atoms with E-state index in [1.165, 1.54) is 6.92 Å². The lowest BCUT2D eigenvalue weighted by molar-refractivity contribution is -0.216. The van der Waals surface area contributed by atoms with Gasteiger partial charge in [-0.25, -0.2) is 0 Å². The summed E-state index contributed by atoms with van der Waals surface area (Å²) in [5.41, 5.74) is -3.30. The average molecular weight is 473 g/mol. The number of hydrogen-bond acceptors (Lipinski definition) is 8. The Kier molecular flexibility index (Phi) is 4.17. The number of rotatable bonds is 3. The number of aliphatic hydroxyl groups excluding tert-OH is 1. The summed E-state index contributed by atoms with van der Waals surface area (Å²) in [6.45, 7) is 8.46. The molecule has 8 atom stereocenters. The molecule has 5 fully saturated rings. The van der Waals surface area contributed by atoms with Gasteiger partial charge in [-0.3, -0.25) is 14.4 Å². The molecule has 34 heavy (non-hydrogen) atoms. The Balaban J connectivity index is 1.46. The Bertz CT molecular complexity index is 1090. The van der Waals surface area contributed by atoms with Crippen LogP contribution in [0.3, 0.4) is 0 Å². The maximum absolute atomic E-state index is 13.7. The van der Waals surface area contributed by atoms with E-state index in [2.05, 4.69) is 0 Å². The van der Waals surface area contributed by atoms with Crippen LogP contribution in [0.25, 0.3) is 0 Å². The van der Waals surface area contributed by atoms with Gasteiger partial charge in [-0.1, -0.05) is 18.6 Å². The van der Waals surface area contributed by atoms with Crippen LogP contribution >= 0.6 is 0 Å². The smallest absolute Gasteiger partial charge is 0.303 e. The predicted molar refractivity (Wildman–Crippen MR) is 117 cm³/mol. The molecule has 6 rings (SSSR count). The van der Waals surface area contributed by atoms with Crippen molar-refractivity contribution < 1.29 is 38.4 Å². The highest BCUT2D eigenvalue weighted by Crippen LogP contribution is 2.81. The molecule has 3 saturated carbocycles. The highest BCUT2D eigenvalue weighted by Gasteiger charge is 2.92. The van der Waals surface area contributed by atoms with Crippen molar-refractivity contribution in [2.24, 2.45) is 16.7 Å². The van der Waals surface area contributed by atoms with E-state index in [4.69, 9.17) is 18.9 Å². The third kappa shape index (κ3) is 2.27. The van der Waals surface area contributed by atoms with Crippen LogP contribution in [0.4, 0.5) is 0 Å². The molecule has 0 bridgehead atoms. The maximum Gasteiger partial charge on any atom is 0.303 e. The van der Waals surface area contributed by atoms with Crippen molar-refractivity contribution in [3.05, 3.63) is 23.8 Å². The summed E-state index contributed by atoms with van der Waals surface area (Å²) in [4.78, 5) is 37.3. The van der Waals surface area contributed by atoms with Gasteiger partial charge in [0.05, 0.1) is 12.2 Å². The zero-order valence-electron chi connectivity index (χ0n) is 20.3. The molecule has 184 valence electrons. The van der Waals surface area contributed by atoms with E-state index >= 15 is 0 Å². The quantitative estimate of drug-likeness (QED) is 0.491. The SMILES string of the molecule is CC(=O)OCC(=O)[C@@]12OC(C)(C)O[C@@H]1C[C@H]1C34CCC5=CC(=O)C=C[C@]5(C)C3(O4)[C@@H](O)C[C@@]12C. The molecule has 4 aliphatic carbocycles. The highest BCUT2D eigenvalue weighted by molar-refractivity contribution is 6.01. The molecule has 0 aromatic carbocycles. The number of esters is 1. The first-order valence-electron chi connectivity index (χ1n) is 12.2. The van der Waals surface area contributed by atoms with Gasteiger partial charge in [-0.15, -0.1) is 0 Å². The number of ketones is 2. The monoisotopic (exact) mass is 472 g/mol. The normalized spacial score (nSPS) is 51.4. The fourth-order valence-corrected chi connectivity index (χ4v) is 8.69. The largest absolute Gasteiger partial charge is 0.458 e. The molecule has 0 spiro atoms. The average Bonchev–Trinajstić information content (AvgIpc) is 3.31. The fraction of sp³-hybridized carbons (Fsp3) is 0.731. The van der Waals surface area contributed by atoms with E-state index in [0.29, 0.717) is 19.3 Å². The minimum atomic E-state index is -1.36. The molecule has 0 amide bonds. The van der Waals surface area contributed by atoms with Crippen molar-refractivity contribution in [2.75, 3.05) is 6.61 Å². The van der Waals surface area contributed by atoms with Gasteiger partial charge in [0.2, 0.25) is 5.78 Å². The molecule has 8 nitrogen and oxygen atoms in total. The Morgan fingerprint density at radius 1 is 1.21 bits per heavy atom. The van der Waals surface area contributed by atoms with Crippen LogP contribution in [-0.2, 0) is 33.3 Å². The summed E-state index contributed by atoms with van der Waals surface area (Å²) < 4.78 is 24.6. The highest BCUT2D eigenvalue weighted by atomic mass is 16.8. The summed E-state index contributed by atoms with van der Waals surface area (Å²) in [7, 11) is 0. The molecular formula is C26H32O8. The van der Waals surface area contributed by atoms with Crippen LogP contribution in [0, 0.1) is 16.7 Å². The third-order valence-electron chi connectivity index (χ3n) is 9.86. The van der Waals surface area contributed by atoms with E-state index < -0.39 is 58.2 Å². The van der Waals surface area contributed by atoms with Gasteiger partial charge < -0.3 is 24.1 Å². The van der Waals surface area contributed by atoms with E-state index in [1.54, 1.807) is 26.0 Å². The zero-order chi connectivity index (χ0) is 24.5. The lowest BCUT2D eigenvalue weighted by atomic mass is 9.46. The molecule has 2 unspecified atom stereocenters. The van der Waals surface area contributed by atoms with Gasteiger partial charge in [-0.2, -0.15) is 0 Å². The molecule has 2 aliphatic heterocycles. The second-order valence-electron chi connectivity index (χ2n) is 11.8. The van der Waals surface area contributed by atoms with Crippen molar-refractivity contribution in [3.8, 4) is 0 Å². The van der Waals surface area contributed by atoms with Crippen LogP contribution in [0.5, 0.6) is 0 Å². The number of allylic oxidation sites excluding steroid dienone is 2. The van der Waals surface area contributed by atoms with Gasteiger partial charge in [0.15, 0.2) is 23.8 Å². The Hall–Kier alpha value is -1.87. The van der Waals surface area contributed by atoms with E-state index in [1.807, 2.05) is 19.9 Å². The minimum absolute atomic E-state index is 0.0402. The molecule has 2 heterocycles. The van der Waals surface area contributed by atoms with Crippen LogP contribution in [0.2, 0.25) is 0 Å². The first kappa shape index (κ1) is 22.6. The van der Waals surface area contributed by atoms with Crippen LogP contribution < -0.4 is 0 Å². The van der Waals surface area contributed by atoms with E-state index in [0.717, 1.165) is 5.57 Å². The topological polar surface area (TPSA) is 112 Å². The molecule has 8 heteroatoms. The fourth-order valence-electron chi connectivity index (χ4n) is 8.69. The standard InChI is InChI=1S/C26H32O8/c1-14(27)31-13-19(30)25-20(32-21(2,3)33-25)11-17-23(25,5)12-18(29)26-22(4)8-7-16(28)10-15(22)6-9-24(17,26)34-26/h7-8,10,17-18,20,29H,6,9,11-13H2,1-5H3/t17-,18+,20-,22+,23+,24?,25-,26?/m1/s1. The number of Topliss-reactive ketones (excluding diaryl/α,β-unsaturated/α-hetero) is 1. The Labute approximate surface area is 198 Å². The van der Waals surface area contributed by atoms with E-state index in [-0.39, 0.29) is 23.9 Å². The van der Waals surface area contributed by atoms with E-state index in [9.17, 15) is 19.5 Å². The first-order valence-corrected chi connectivity index (χ1v) is 12.2. The molecular weight excluding hydrogens is 440 g/mol. The predicted octanol–water partition coefficient (Wildman–Crippen LogP) is 2.17. The summed E-state index contributed by atoms with van der Waals surface area (Å²) >= 11 is 0. The lowest BCUT2D eigenvalue weighted by Gasteiger charge is -2.56. The van der Waals surface area contributed by atoms with Crippen molar-refractivity contribution in [3.63, 3.8) is 0 Å². The Morgan fingerprint density at radius 3 is 2.65 bits per heavy atom. The van der Waals surface area contributed by atoms with Crippen molar-refractivity contribution in [1.29, 1.82) is 0 Å². The molecule has 0 aromatic heterocycles. The number of ether oxygens (including phenoxy) is 4. The van der Waals surface area contributed by atoms with Crippen molar-refractivity contribution in [2.45, 2.75) is 95.1 Å². The molecule has 2 saturated heterocycles. The second-order valence-corrected chi connectivity index (χ2v) is 11.8. The molecule has 1 N–H and O–H groups in total. The number of carbonyl (C=O) groups excluding carboxylic acids is 3. The minimum Gasteiger partial charge on any atom is -0.458 e. The summed E-state index contributed by atoms with van der Waals surface area (Å²) in [6, 6.07) is 0. The summed E-state index contributed by atoms with van der Waals surface area (Å²) in [5.74, 6) is -2.03. The lowest BCUT2D eigenvalue weighted by Crippen LogP contribution is -2.67. The zero-order valence-corrected chi connectivity index (χ0v) is 20.3. The van der Waals surface area contributed by atoms with Crippen molar-refractivity contribution in [1.82, 2.24) is 0 Å². The van der Waals surface area contributed by atoms with Crippen LogP contribution in [0.15, 0.2) is 23.8 Å². The van der Waals surface area contributed by atoms with Crippen molar-refractivity contribution >= 4 is 17.5 Å². The number of aliphatic hydroxyl groups is 1. The van der Waals surface area contributed by atoms with Crippen LogP contribution in [0.1, 0.15) is 60.3 Å². The molecule has 0 radical (unpaired) electrons. The molecule has 0 aromatic rings. The molecule has 6 aliphatic rings. The first-order chi connectivity index (χ1) is 15.8. The van der Waals surface area contributed by atoms with Gasteiger partial charge >= 0.3 is 5.97 Å². The van der Waals surface area contributed by atoms with Gasteiger partial charge in [0.25, 0.3) is 0 Å². The number of epoxide rings is 1. The van der Waals surface area contributed by atoms with Gasteiger partial charge in [0.1, 0.15) is 11.2 Å². The maximum atomic E-state index is 13.7. The summed E-state index contributed by atoms with van der Waals surface area (Å²) in [5, 5.41) is 11.8. The summed E-state index contributed by atoms with van der Waals surface area (Å²) in [6.07, 6.45) is 5.86. The third-order valence-corrected chi connectivity index (χ3v) is 9.86. The second kappa shape index (κ2) is 6.27. The van der Waals surface area contributed by atoms with Gasteiger partial charge in [-0.05, 0) is 58.6 Å². The van der Waals surface area contributed by atoms with Crippen LogP contribution in [-0.4, -0.2) is 64.0 Å².